The van der Waals surface area contributed by atoms with Crippen LogP contribution < -0.4 is 22.3 Å². The maximum atomic E-state index is 5.94. The predicted octanol–water partition coefficient (Wildman–Crippen LogP) is -0.458. The van der Waals surface area contributed by atoms with E-state index in [1.807, 2.05) is 60.7 Å². The quantitative estimate of drug-likeness (QED) is 0.386. The average molecular weight is 306 g/mol. The van der Waals surface area contributed by atoms with Gasteiger partial charge < -0.3 is 4.42 Å². The fourth-order valence-corrected chi connectivity index (χ4v) is 2.35. The number of furan rings is 1. The molecule has 3 rings (SSSR count). The van der Waals surface area contributed by atoms with Gasteiger partial charge >= 0.3 is 0 Å². The van der Waals surface area contributed by atoms with Gasteiger partial charge in [-0.15, -0.1) is 0 Å². The number of nitrogens with two attached hydrogens (primary N) is 4. The molecule has 23 heavy (non-hydrogen) atoms. The number of amidine groups is 2. The lowest BCUT2D eigenvalue weighted by molar-refractivity contribution is -0.115. The Balaban J connectivity index is 1.97. The molecule has 0 unspecified atom stereocenters. The van der Waals surface area contributed by atoms with E-state index in [2.05, 4.69) is 0 Å². The minimum Gasteiger partial charge on any atom is -0.456 e. The summed E-state index contributed by atoms with van der Waals surface area (Å²) in [7, 11) is 0. The molecule has 0 aliphatic carbocycles. The van der Waals surface area contributed by atoms with Crippen LogP contribution in [0.4, 0.5) is 0 Å². The molecule has 5 heteroatoms. The summed E-state index contributed by atoms with van der Waals surface area (Å²) in [5.74, 6) is 2.02. The van der Waals surface area contributed by atoms with Gasteiger partial charge in [0.25, 0.3) is 11.7 Å². The lowest BCUT2D eigenvalue weighted by Crippen LogP contribution is -2.46. The highest BCUT2D eigenvalue weighted by molar-refractivity contribution is 5.94. The number of hydrogen-bond acceptors (Lipinski definition) is 1. The van der Waals surface area contributed by atoms with Gasteiger partial charge in [0.2, 0.25) is 0 Å². The average Bonchev–Trinajstić information content (AvgIpc) is 3.05. The van der Waals surface area contributed by atoms with Crippen LogP contribution in [0.3, 0.4) is 0 Å². The standard InChI is InChI=1S/C18H16N4O/c19-17(20)13-5-1-3-11(9-13)15-7-8-16(23-15)12-4-2-6-14(10-12)18(21)22/h1-10H,(H3,19,20)(H3,21,22)/p+2. The van der Waals surface area contributed by atoms with Crippen LogP contribution in [-0.4, -0.2) is 11.7 Å². The lowest BCUT2D eigenvalue weighted by atomic mass is 10.1. The Labute approximate surface area is 133 Å². The van der Waals surface area contributed by atoms with Crippen LogP contribution in [0.25, 0.3) is 22.6 Å². The largest absolute Gasteiger partial charge is 0.456 e. The molecule has 0 radical (unpaired) electrons. The zero-order chi connectivity index (χ0) is 16.4. The lowest BCUT2D eigenvalue weighted by Gasteiger charge is -2.01. The second kappa shape index (κ2) is 5.81. The molecule has 1 heterocycles. The molecule has 8 N–H and O–H groups in total. The van der Waals surface area contributed by atoms with Crippen LogP contribution in [0.5, 0.6) is 0 Å². The highest BCUT2D eigenvalue weighted by atomic mass is 16.3. The van der Waals surface area contributed by atoms with Crippen molar-refractivity contribution in [1.82, 2.24) is 0 Å². The summed E-state index contributed by atoms with van der Waals surface area (Å²) in [6.45, 7) is 0. The Kier molecular flexibility index (Phi) is 3.68. The number of rotatable bonds is 4. The summed E-state index contributed by atoms with van der Waals surface area (Å²) in [6.07, 6.45) is 0. The summed E-state index contributed by atoms with van der Waals surface area (Å²) in [5.41, 5.74) is 14.6. The predicted molar refractivity (Wildman–Crippen MR) is 90.0 cm³/mol. The molecule has 1 aromatic heterocycles. The molecule has 0 saturated heterocycles. The van der Waals surface area contributed by atoms with Crippen LogP contribution in [0.15, 0.2) is 65.1 Å². The normalized spacial score (nSPS) is 10.4. The molecule has 0 fully saturated rings. The molecular formula is C18H18N4O+2. The van der Waals surface area contributed by atoms with Gasteiger partial charge in [-0.25, -0.2) is 0 Å². The van der Waals surface area contributed by atoms with Gasteiger partial charge in [-0.2, -0.15) is 0 Å². The Morgan fingerprint density at radius 3 is 1.52 bits per heavy atom. The molecule has 5 nitrogen and oxygen atoms in total. The first-order valence-corrected chi connectivity index (χ1v) is 7.12. The van der Waals surface area contributed by atoms with Crippen molar-refractivity contribution in [3.63, 3.8) is 0 Å². The summed E-state index contributed by atoms with van der Waals surface area (Å²) in [5, 5.41) is 11.3. The van der Waals surface area contributed by atoms with Gasteiger partial charge in [0, 0.05) is 11.1 Å². The van der Waals surface area contributed by atoms with Crippen molar-refractivity contribution in [2.24, 2.45) is 11.5 Å². The Hall–Kier alpha value is -3.34. The first kappa shape index (κ1) is 14.6. The Morgan fingerprint density at radius 1 is 0.696 bits per heavy atom. The molecule has 0 saturated carbocycles. The third-order valence-electron chi connectivity index (χ3n) is 3.57. The SMILES string of the molecule is NC(=[NH2+])c1cccc(-c2ccc(-c3cccc(C(N)=[NH2+])c3)o2)c1. The first-order chi connectivity index (χ1) is 11.0. The third-order valence-corrected chi connectivity index (χ3v) is 3.57. The molecule has 0 aliphatic heterocycles. The molecular weight excluding hydrogens is 288 g/mol. The van der Waals surface area contributed by atoms with E-state index in [-0.39, 0.29) is 11.7 Å². The first-order valence-electron chi connectivity index (χ1n) is 7.12. The maximum absolute atomic E-state index is 5.94. The van der Waals surface area contributed by atoms with Crippen molar-refractivity contribution in [3.05, 3.63) is 71.8 Å². The van der Waals surface area contributed by atoms with Gasteiger partial charge in [0.1, 0.15) is 11.5 Å². The molecule has 0 amide bonds. The van der Waals surface area contributed by atoms with Gasteiger partial charge in [-0.05, 0) is 36.4 Å². The van der Waals surface area contributed by atoms with Crippen molar-refractivity contribution in [2.75, 3.05) is 0 Å². The Bertz CT molecular complexity index is 823. The number of hydrogen-bond donors (Lipinski definition) is 4. The van der Waals surface area contributed by atoms with Crippen LogP contribution in [0.1, 0.15) is 11.1 Å². The summed E-state index contributed by atoms with van der Waals surface area (Å²) >= 11 is 0. The highest BCUT2D eigenvalue weighted by Gasteiger charge is 2.11. The van der Waals surface area contributed by atoms with E-state index >= 15 is 0 Å². The molecule has 114 valence electrons. The van der Waals surface area contributed by atoms with Crippen LogP contribution in [-0.2, 0) is 0 Å². The smallest absolute Gasteiger partial charge is 0.270 e. The van der Waals surface area contributed by atoms with E-state index < -0.39 is 0 Å². The molecule has 0 aliphatic rings. The second-order valence-corrected chi connectivity index (χ2v) is 5.24. The third kappa shape index (κ3) is 2.98. The van der Waals surface area contributed by atoms with Gasteiger partial charge in [0.05, 0.1) is 11.1 Å². The molecule has 3 aromatic rings. The fraction of sp³-hybridized carbons (Fsp3) is 0. The molecule has 0 bridgehead atoms. The van der Waals surface area contributed by atoms with Crippen LogP contribution >= 0.6 is 0 Å². The molecule has 2 aromatic carbocycles. The summed E-state index contributed by atoms with van der Waals surface area (Å²) in [6, 6.07) is 19.0. The second-order valence-electron chi connectivity index (χ2n) is 5.24. The molecule has 0 spiro atoms. The van der Waals surface area contributed by atoms with Crippen molar-refractivity contribution in [1.29, 1.82) is 0 Å². The minimum absolute atomic E-state index is 0.278. The maximum Gasteiger partial charge on any atom is 0.270 e. The van der Waals surface area contributed by atoms with Crippen molar-refractivity contribution in [2.45, 2.75) is 0 Å². The van der Waals surface area contributed by atoms with Crippen LogP contribution in [0, 0.1) is 0 Å². The summed E-state index contributed by atoms with van der Waals surface area (Å²) < 4.78 is 5.94. The van der Waals surface area contributed by atoms with E-state index in [4.69, 9.17) is 26.7 Å². The highest BCUT2D eigenvalue weighted by Crippen LogP contribution is 2.29. The van der Waals surface area contributed by atoms with E-state index in [1.165, 1.54) is 0 Å². The van der Waals surface area contributed by atoms with Crippen molar-refractivity contribution >= 4 is 11.7 Å². The van der Waals surface area contributed by atoms with Crippen molar-refractivity contribution in [3.8, 4) is 22.6 Å². The van der Waals surface area contributed by atoms with E-state index in [0.717, 1.165) is 33.8 Å². The zero-order valence-electron chi connectivity index (χ0n) is 12.5. The van der Waals surface area contributed by atoms with Crippen molar-refractivity contribution < 1.29 is 15.2 Å². The summed E-state index contributed by atoms with van der Waals surface area (Å²) in [4.78, 5) is 0. The minimum atomic E-state index is 0.278. The topological polar surface area (TPSA) is 116 Å². The van der Waals surface area contributed by atoms with Crippen LogP contribution in [0.2, 0.25) is 0 Å². The fourth-order valence-electron chi connectivity index (χ4n) is 2.35. The Morgan fingerprint density at radius 2 is 1.13 bits per heavy atom. The number of benzene rings is 2. The van der Waals surface area contributed by atoms with E-state index in [1.54, 1.807) is 0 Å². The van der Waals surface area contributed by atoms with Gasteiger partial charge in [-0.3, -0.25) is 22.3 Å². The van der Waals surface area contributed by atoms with Gasteiger partial charge in [0.15, 0.2) is 0 Å². The van der Waals surface area contributed by atoms with E-state index in [9.17, 15) is 0 Å². The molecule has 0 atom stereocenters. The van der Waals surface area contributed by atoms with E-state index in [0.29, 0.717) is 0 Å². The monoisotopic (exact) mass is 306 g/mol. The van der Waals surface area contributed by atoms with Gasteiger partial charge in [-0.1, -0.05) is 24.3 Å². The zero-order valence-corrected chi connectivity index (χ0v) is 12.5.